The van der Waals surface area contributed by atoms with Crippen molar-refractivity contribution in [2.45, 2.75) is 19.0 Å². The number of rotatable bonds is 2. The molecule has 0 saturated carbocycles. The maximum atomic E-state index is 4.82. The van der Waals surface area contributed by atoms with Crippen LogP contribution in [0.4, 0.5) is 5.69 Å². The molecular formula is C16H17Br2N2Ni. The first-order valence-corrected chi connectivity index (χ1v) is 11.6. The predicted molar refractivity (Wildman–Crippen MR) is 94.3 cm³/mol. The SMILES string of the molecule is CC1C(C=Nc2ccccc2)[N-]C2C=CC=CC21.[Br][Ni+][Br]. The summed E-state index contributed by atoms with van der Waals surface area (Å²) in [6, 6.07) is 10.6. The van der Waals surface area contributed by atoms with Crippen molar-refractivity contribution in [3.05, 3.63) is 60.0 Å². The molecule has 0 aromatic heterocycles. The number of para-hydroxylation sites is 1. The Morgan fingerprint density at radius 3 is 2.48 bits per heavy atom. The Bertz CT molecular complexity index is 516. The van der Waals surface area contributed by atoms with E-state index in [1.165, 1.54) is 10.9 Å². The van der Waals surface area contributed by atoms with E-state index in [2.05, 4.69) is 64.7 Å². The number of allylic oxidation sites excluding steroid dienone is 2. The zero-order chi connectivity index (χ0) is 15.1. The fourth-order valence-electron chi connectivity index (χ4n) is 2.66. The molecule has 0 N–H and O–H groups in total. The van der Waals surface area contributed by atoms with Gasteiger partial charge in [0, 0.05) is 0 Å². The van der Waals surface area contributed by atoms with Crippen LogP contribution in [0.15, 0.2) is 59.6 Å². The van der Waals surface area contributed by atoms with E-state index in [0.717, 1.165) is 5.69 Å². The van der Waals surface area contributed by atoms with E-state index < -0.39 is 0 Å². The topological polar surface area (TPSA) is 26.5 Å². The monoisotopic (exact) mass is 453 g/mol. The second kappa shape index (κ2) is 9.04. The van der Waals surface area contributed by atoms with Gasteiger partial charge in [0.05, 0.1) is 5.69 Å². The van der Waals surface area contributed by atoms with E-state index in [4.69, 9.17) is 5.32 Å². The molecule has 1 aromatic rings. The van der Waals surface area contributed by atoms with Gasteiger partial charge >= 0.3 is 39.3 Å². The van der Waals surface area contributed by atoms with Crippen LogP contribution in [-0.2, 0) is 10.9 Å². The van der Waals surface area contributed by atoms with E-state index in [-0.39, 0.29) is 6.04 Å². The predicted octanol–water partition coefficient (Wildman–Crippen LogP) is 5.58. The summed E-state index contributed by atoms with van der Waals surface area (Å²) in [6.45, 7) is 2.26. The number of hydrogen-bond acceptors (Lipinski definition) is 1. The zero-order valence-electron chi connectivity index (χ0n) is 11.5. The van der Waals surface area contributed by atoms with Gasteiger partial charge in [0.2, 0.25) is 0 Å². The number of nitrogens with zero attached hydrogens (tertiary/aromatic N) is 2. The molecule has 0 spiro atoms. The Kier molecular flexibility index (Phi) is 7.38. The molecule has 0 radical (unpaired) electrons. The summed E-state index contributed by atoms with van der Waals surface area (Å²) < 4.78 is 0. The van der Waals surface area contributed by atoms with Crippen molar-refractivity contribution in [2.24, 2.45) is 16.8 Å². The van der Waals surface area contributed by atoms with E-state index in [1.807, 2.05) is 36.5 Å². The zero-order valence-corrected chi connectivity index (χ0v) is 15.7. The normalized spacial score (nSPS) is 30.2. The van der Waals surface area contributed by atoms with Crippen molar-refractivity contribution >= 4 is 40.4 Å². The number of aliphatic imine (C=N–C) groups is 1. The number of benzene rings is 1. The molecule has 2 nitrogen and oxygen atoms in total. The molecule has 1 aliphatic carbocycles. The van der Waals surface area contributed by atoms with E-state index in [9.17, 15) is 0 Å². The Labute approximate surface area is 146 Å². The van der Waals surface area contributed by atoms with Gasteiger partial charge in [-0.05, 0) is 24.3 Å². The minimum atomic E-state index is 0.229. The molecule has 1 heterocycles. The first kappa shape index (κ1) is 17.1. The number of hydrogen-bond donors (Lipinski definition) is 0. The van der Waals surface area contributed by atoms with Gasteiger partial charge in [-0.2, -0.15) is 0 Å². The molecule has 4 unspecified atom stereocenters. The average molecular weight is 456 g/mol. The van der Waals surface area contributed by atoms with Crippen LogP contribution >= 0.6 is 28.5 Å². The maximum absolute atomic E-state index is 4.82. The molecule has 21 heavy (non-hydrogen) atoms. The molecule has 115 valence electrons. The molecule has 0 bridgehead atoms. The van der Waals surface area contributed by atoms with Crippen molar-refractivity contribution in [1.29, 1.82) is 0 Å². The van der Waals surface area contributed by atoms with E-state index >= 15 is 0 Å². The molecule has 1 fully saturated rings. The van der Waals surface area contributed by atoms with Crippen LogP contribution in [0.25, 0.3) is 5.32 Å². The van der Waals surface area contributed by atoms with Gasteiger partial charge in [0.25, 0.3) is 0 Å². The third kappa shape index (κ3) is 4.89. The van der Waals surface area contributed by atoms with Crippen molar-refractivity contribution in [2.75, 3.05) is 0 Å². The van der Waals surface area contributed by atoms with Crippen molar-refractivity contribution < 1.29 is 10.9 Å². The van der Waals surface area contributed by atoms with Crippen LogP contribution in [0.3, 0.4) is 0 Å². The molecule has 0 amide bonds. The Morgan fingerprint density at radius 2 is 1.81 bits per heavy atom. The van der Waals surface area contributed by atoms with Crippen LogP contribution in [0.2, 0.25) is 0 Å². The second-order valence-electron chi connectivity index (χ2n) is 5.00. The Hall–Kier alpha value is -0.216. The van der Waals surface area contributed by atoms with E-state index in [1.54, 1.807) is 0 Å². The minimum absolute atomic E-state index is 0.229. The Balaban J connectivity index is 0.000000497. The molecule has 3 rings (SSSR count). The van der Waals surface area contributed by atoms with Crippen LogP contribution in [0.5, 0.6) is 0 Å². The van der Waals surface area contributed by atoms with Crippen LogP contribution in [0, 0.1) is 11.8 Å². The van der Waals surface area contributed by atoms with Gasteiger partial charge in [-0.1, -0.05) is 55.3 Å². The summed E-state index contributed by atoms with van der Waals surface area (Å²) in [5.41, 5.74) is 1.00. The molecule has 5 heteroatoms. The fourth-order valence-corrected chi connectivity index (χ4v) is 2.66. The molecule has 1 saturated heterocycles. The summed E-state index contributed by atoms with van der Waals surface area (Å²) in [6.07, 6.45) is 10.7. The molecule has 1 aromatic carbocycles. The molecule has 4 atom stereocenters. The first-order valence-electron chi connectivity index (χ1n) is 6.73. The number of halogens is 2. The van der Waals surface area contributed by atoms with Gasteiger partial charge in [-0.15, -0.1) is 12.1 Å². The summed E-state index contributed by atoms with van der Waals surface area (Å²) in [5.74, 6) is 1.07. The standard InChI is InChI=1S/C16H17N2.2BrH.Ni/c1-12-14-9-5-6-10-15(14)18-16(12)11-17-13-7-3-2-4-8-13;;;/h2-12,14-16H,1H3;2*1H;/q-1;;;+3/p-2. The van der Waals surface area contributed by atoms with Crippen molar-refractivity contribution in [3.63, 3.8) is 0 Å². The van der Waals surface area contributed by atoms with Crippen molar-refractivity contribution in [3.8, 4) is 0 Å². The van der Waals surface area contributed by atoms with Gasteiger partial charge in [-0.25, -0.2) is 0 Å². The van der Waals surface area contributed by atoms with Crippen LogP contribution in [-0.4, -0.2) is 18.3 Å². The number of fused-ring (bicyclic) bond motifs is 1. The molecule has 2 aliphatic rings. The Morgan fingerprint density at radius 1 is 1.14 bits per heavy atom. The summed E-state index contributed by atoms with van der Waals surface area (Å²) in [7, 11) is 1.25. The molecule has 1 aliphatic heterocycles. The van der Waals surface area contributed by atoms with Crippen molar-refractivity contribution in [1.82, 2.24) is 0 Å². The summed E-state index contributed by atoms with van der Waals surface area (Å²) >= 11 is 6.00. The van der Waals surface area contributed by atoms with Gasteiger partial charge in [0.15, 0.2) is 0 Å². The third-order valence-corrected chi connectivity index (χ3v) is 3.77. The first-order chi connectivity index (χ1) is 10.3. The van der Waals surface area contributed by atoms with E-state index in [0.29, 0.717) is 17.9 Å². The second-order valence-corrected chi connectivity index (χ2v) is 9.98. The summed E-state index contributed by atoms with van der Waals surface area (Å²) in [5, 5.41) is 4.82. The van der Waals surface area contributed by atoms with Crippen LogP contribution in [0.1, 0.15) is 6.92 Å². The van der Waals surface area contributed by atoms with Gasteiger partial charge < -0.3 is 5.32 Å². The van der Waals surface area contributed by atoms with Gasteiger partial charge in [0.1, 0.15) is 0 Å². The van der Waals surface area contributed by atoms with Crippen LogP contribution < -0.4 is 0 Å². The summed E-state index contributed by atoms with van der Waals surface area (Å²) in [4.78, 5) is 4.53. The average Bonchev–Trinajstić information content (AvgIpc) is 2.84. The third-order valence-electron chi connectivity index (χ3n) is 3.77. The quantitative estimate of drug-likeness (QED) is 0.411. The van der Waals surface area contributed by atoms with Gasteiger partial charge in [-0.3, -0.25) is 4.99 Å². The molecular weight excluding hydrogens is 439 g/mol. The fraction of sp³-hybridized carbons (Fsp3) is 0.312.